The zero-order chi connectivity index (χ0) is 25.1. The molecule has 0 aliphatic rings. The minimum atomic E-state index is -5.00. The Labute approximate surface area is 195 Å². The van der Waals surface area contributed by atoms with Crippen LogP contribution in [0.15, 0.2) is 58.3 Å². The summed E-state index contributed by atoms with van der Waals surface area (Å²) in [5.41, 5.74) is 9.95. The molecule has 0 spiro atoms. The summed E-state index contributed by atoms with van der Waals surface area (Å²) in [4.78, 5) is 1.42. The van der Waals surface area contributed by atoms with Crippen LogP contribution in [0.5, 0.6) is 5.75 Å². The molecule has 0 aliphatic carbocycles. The maximum Gasteiger partial charge on any atom is 0.504 e. The topological polar surface area (TPSA) is 148 Å². The molecule has 0 atom stereocenters. The fourth-order valence-electron chi connectivity index (χ4n) is 2.82. The Balaban J connectivity index is 2.56. The molecule has 0 amide bonds. The van der Waals surface area contributed by atoms with Gasteiger partial charge >= 0.3 is 14.5 Å². The van der Waals surface area contributed by atoms with Gasteiger partial charge in [0.15, 0.2) is 5.75 Å². The van der Waals surface area contributed by atoms with Crippen LogP contribution >= 0.6 is 0 Å². The van der Waals surface area contributed by atoms with Crippen molar-refractivity contribution in [1.82, 2.24) is 0 Å². The van der Waals surface area contributed by atoms with Crippen molar-refractivity contribution < 1.29 is 34.2 Å². The number of para-hydroxylation sites is 1. The monoisotopic (exact) mass is 514 g/mol. The zero-order valence-electron chi connectivity index (χ0n) is 18.7. The number of sulfone groups is 2. The quantitative estimate of drug-likeness (QED) is 0.181. The average Bonchev–Trinajstić information content (AvgIpc) is 2.72. The molecule has 0 saturated carbocycles. The molecule has 0 fully saturated rings. The second-order valence-corrected chi connectivity index (χ2v) is 13.9. The van der Waals surface area contributed by atoms with Gasteiger partial charge in [0, 0.05) is 0 Å². The van der Waals surface area contributed by atoms with E-state index < -0.39 is 49.7 Å². The van der Waals surface area contributed by atoms with Gasteiger partial charge in [-0.2, -0.15) is 8.42 Å². The van der Waals surface area contributed by atoms with Gasteiger partial charge in [0.2, 0.25) is 0 Å². The van der Waals surface area contributed by atoms with Gasteiger partial charge in [0.25, 0.3) is 19.7 Å². The molecular weight excluding hydrogens is 488 g/mol. The van der Waals surface area contributed by atoms with Gasteiger partial charge in [0.1, 0.15) is 4.90 Å². The molecule has 0 aromatic heterocycles. The summed E-state index contributed by atoms with van der Waals surface area (Å²) in [5, 5.41) is 0. The van der Waals surface area contributed by atoms with Crippen LogP contribution in [0.25, 0.3) is 5.53 Å². The SMILES string of the molecule is CCCCS(=O)(=O)Oc1ccccc1S(=O)(=O)C(=[N+]=[N-])S(=O)(=O)c1ccc(C(C)(C)C)cc1. The van der Waals surface area contributed by atoms with E-state index in [2.05, 4.69) is 4.79 Å². The van der Waals surface area contributed by atoms with Gasteiger partial charge in [0.05, 0.1) is 10.6 Å². The van der Waals surface area contributed by atoms with Crippen LogP contribution in [0, 0.1) is 0 Å². The lowest BCUT2D eigenvalue weighted by Crippen LogP contribution is -2.27. The van der Waals surface area contributed by atoms with Crippen molar-refractivity contribution in [2.24, 2.45) is 0 Å². The van der Waals surface area contributed by atoms with Crippen LogP contribution < -0.4 is 4.18 Å². The van der Waals surface area contributed by atoms with Crippen molar-refractivity contribution in [2.45, 2.75) is 55.7 Å². The minimum Gasteiger partial charge on any atom is -0.381 e. The van der Waals surface area contributed by atoms with E-state index in [1.165, 1.54) is 36.4 Å². The number of nitrogens with zero attached hydrogens (tertiary/aromatic N) is 2. The van der Waals surface area contributed by atoms with Gasteiger partial charge in [-0.25, -0.2) is 16.8 Å². The Hall–Kier alpha value is -2.53. The van der Waals surface area contributed by atoms with E-state index >= 15 is 0 Å². The van der Waals surface area contributed by atoms with Crippen molar-refractivity contribution in [2.75, 3.05) is 5.75 Å². The van der Waals surface area contributed by atoms with Crippen LogP contribution in [-0.2, 0) is 35.2 Å². The summed E-state index contributed by atoms with van der Waals surface area (Å²) in [5.74, 6) is -0.940. The molecule has 2 rings (SSSR count). The summed E-state index contributed by atoms with van der Waals surface area (Å²) in [7, 11) is -13.9. The van der Waals surface area contributed by atoms with Crippen LogP contribution in [0.2, 0.25) is 0 Å². The zero-order valence-corrected chi connectivity index (χ0v) is 21.2. The van der Waals surface area contributed by atoms with E-state index in [9.17, 15) is 30.8 Å². The lowest BCUT2D eigenvalue weighted by atomic mass is 9.87. The Morgan fingerprint density at radius 2 is 1.48 bits per heavy atom. The molecule has 0 heterocycles. The Morgan fingerprint density at radius 3 is 2.00 bits per heavy atom. The molecule has 9 nitrogen and oxygen atoms in total. The number of benzene rings is 2. The highest BCUT2D eigenvalue weighted by Gasteiger charge is 2.45. The molecule has 0 aliphatic heterocycles. The van der Waals surface area contributed by atoms with E-state index in [1.54, 1.807) is 6.92 Å². The Kier molecular flexibility index (Phi) is 7.90. The van der Waals surface area contributed by atoms with Crippen LogP contribution in [0.1, 0.15) is 46.1 Å². The van der Waals surface area contributed by atoms with E-state index in [-0.39, 0.29) is 11.2 Å². The molecule has 180 valence electrons. The predicted octanol–water partition coefficient (Wildman–Crippen LogP) is 3.33. The third-order valence-electron chi connectivity index (χ3n) is 4.68. The third-order valence-corrected chi connectivity index (χ3v) is 10.1. The van der Waals surface area contributed by atoms with Crippen molar-refractivity contribution in [3.8, 4) is 5.75 Å². The molecular formula is C21H26N2O7S3. The highest BCUT2D eigenvalue weighted by atomic mass is 32.3. The Bertz CT molecular complexity index is 1380. The molecule has 0 saturated heterocycles. The van der Waals surface area contributed by atoms with Crippen molar-refractivity contribution in [3.63, 3.8) is 0 Å². The average molecular weight is 515 g/mol. The first-order valence-corrected chi connectivity index (χ1v) is 14.5. The second-order valence-electron chi connectivity index (χ2n) is 8.29. The number of rotatable bonds is 7. The first-order valence-electron chi connectivity index (χ1n) is 10.0. The number of hydrogen-bond donors (Lipinski definition) is 0. The highest BCUT2D eigenvalue weighted by molar-refractivity contribution is 8.31. The molecule has 12 heteroatoms. The second kappa shape index (κ2) is 9.76. The van der Waals surface area contributed by atoms with E-state index in [0.29, 0.717) is 12.8 Å². The van der Waals surface area contributed by atoms with Crippen molar-refractivity contribution >= 4 is 34.2 Å². The van der Waals surface area contributed by atoms with Crippen LogP contribution in [0.4, 0.5) is 0 Å². The highest BCUT2D eigenvalue weighted by Crippen LogP contribution is 2.30. The first kappa shape index (κ1) is 26.7. The normalized spacial score (nSPS) is 12.7. The lowest BCUT2D eigenvalue weighted by molar-refractivity contribution is 0.00379. The van der Waals surface area contributed by atoms with E-state index in [1.807, 2.05) is 20.8 Å². The largest absolute Gasteiger partial charge is 0.504 e. The number of hydrogen-bond acceptors (Lipinski definition) is 7. The third kappa shape index (κ3) is 6.08. The van der Waals surface area contributed by atoms with Crippen LogP contribution in [-0.4, -0.2) is 40.2 Å². The van der Waals surface area contributed by atoms with Crippen molar-refractivity contribution in [1.29, 1.82) is 0 Å². The van der Waals surface area contributed by atoms with Gasteiger partial charge in [-0.1, -0.05) is 58.4 Å². The fraction of sp³-hybridized carbons (Fsp3) is 0.381. The molecule has 0 radical (unpaired) electrons. The fourth-order valence-corrected chi connectivity index (χ4v) is 7.46. The minimum absolute atomic E-state index is 0.276. The first-order chi connectivity index (χ1) is 15.2. The maximum atomic E-state index is 13.2. The smallest absolute Gasteiger partial charge is 0.381 e. The molecule has 0 N–H and O–H groups in total. The number of unbranched alkanes of at least 4 members (excludes halogenated alkanes) is 1. The van der Waals surface area contributed by atoms with Gasteiger partial charge < -0.3 is 9.71 Å². The predicted molar refractivity (Wildman–Crippen MR) is 124 cm³/mol. The molecule has 2 aromatic carbocycles. The van der Waals surface area contributed by atoms with E-state index in [0.717, 1.165) is 17.7 Å². The van der Waals surface area contributed by atoms with E-state index in [4.69, 9.17) is 4.18 Å². The summed E-state index contributed by atoms with van der Waals surface area (Å²) >= 11 is 0. The van der Waals surface area contributed by atoms with Gasteiger partial charge in [-0.15, -0.1) is 4.79 Å². The lowest BCUT2D eigenvalue weighted by Gasteiger charge is -2.18. The summed E-state index contributed by atoms with van der Waals surface area (Å²) in [6.45, 7) is 7.55. The summed E-state index contributed by atoms with van der Waals surface area (Å²) < 4.78 is 80.3. The standard InChI is InChI=1S/C21H26N2O7S3/c1-5-6-15-31(24,25)30-18-9-7-8-10-19(18)33(28,29)20(23-22)32(26,27)17-13-11-16(12-14-17)21(2,3)4/h7-14H,5-6,15H2,1-4H3. The molecule has 33 heavy (non-hydrogen) atoms. The summed E-state index contributed by atoms with van der Waals surface area (Å²) in [6.07, 6.45) is 0.857. The molecule has 0 bridgehead atoms. The molecule has 0 unspecified atom stereocenters. The molecule has 2 aromatic rings. The Morgan fingerprint density at radius 1 is 0.909 bits per heavy atom. The van der Waals surface area contributed by atoms with Gasteiger partial charge in [-0.3, -0.25) is 0 Å². The van der Waals surface area contributed by atoms with Crippen molar-refractivity contribution in [3.05, 3.63) is 59.6 Å². The van der Waals surface area contributed by atoms with Gasteiger partial charge in [-0.05, 0) is 41.7 Å². The summed E-state index contributed by atoms with van der Waals surface area (Å²) in [6, 6.07) is 10.1. The maximum absolute atomic E-state index is 13.2. The van der Waals surface area contributed by atoms with Crippen LogP contribution in [0.3, 0.4) is 0 Å².